The van der Waals surface area contributed by atoms with Crippen LogP contribution in [0.1, 0.15) is 41.5 Å². The lowest BCUT2D eigenvalue weighted by atomic mass is 9.73. The number of carbonyl (C=O) groups is 1. The minimum absolute atomic E-state index is 0.0456. The van der Waals surface area contributed by atoms with Crippen molar-refractivity contribution < 1.29 is 4.79 Å². The van der Waals surface area contributed by atoms with Gasteiger partial charge >= 0.3 is 0 Å². The summed E-state index contributed by atoms with van der Waals surface area (Å²) in [6, 6.07) is -0.0985. The lowest BCUT2D eigenvalue weighted by molar-refractivity contribution is -0.119. The van der Waals surface area contributed by atoms with Crippen LogP contribution in [0.3, 0.4) is 0 Å². The molecule has 116 valence electrons. The first-order valence-corrected chi connectivity index (χ1v) is 7.46. The van der Waals surface area contributed by atoms with Crippen LogP contribution in [-0.4, -0.2) is 23.4 Å². The monoisotopic (exact) mass is 289 g/mol. The van der Waals surface area contributed by atoms with E-state index in [1.165, 1.54) is 6.92 Å². The highest BCUT2D eigenvalue weighted by Crippen LogP contribution is 2.32. The average molecular weight is 289 g/mol. The third kappa shape index (κ3) is 4.13. The summed E-state index contributed by atoms with van der Waals surface area (Å²) in [6.07, 6.45) is 3.94. The molecule has 0 aromatic carbocycles. The number of hydrogen-bond acceptors (Lipinski definition) is 3. The van der Waals surface area contributed by atoms with Gasteiger partial charge in [-0.15, -0.1) is 0 Å². The van der Waals surface area contributed by atoms with Gasteiger partial charge in [-0.2, -0.15) is 0 Å². The van der Waals surface area contributed by atoms with Gasteiger partial charge in [0, 0.05) is 30.2 Å². The lowest BCUT2D eigenvalue weighted by Crippen LogP contribution is -2.36. The summed E-state index contributed by atoms with van der Waals surface area (Å²) in [5, 5.41) is 19.2. The van der Waals surface area contributed by atoms with Gasteiger partial charge in [0.2, 0.25) is 5.91 Å². The van der Waals surface area contributed by atoms with Gasteiger partial charge in [0.15, 0.2) is 0 Å². The third-order valence-electron chi connectivity index (χ3n) is 4.05. The molecule has 0 fully saturated rings. The van der Waals surface area contributed by atoms with Gasteiger partial charge in [-0.25, -0.2) is 0 Å². The predicted molar refractivity (Wildman–Crippen MR) is 88.1 cm³/mol. The maximum absolute atomic E-state index is 11.2. The summed E-state index contributed by atoms with van der Waals surface area (Å²) < 4.78 is 0. The minimum atomic E-state index is -0.0985. The van der Waals surface area contributed by atoms with Gasteiger partial charge in [-0.3, -0.25) is 4.79 Å². The SMILES string of the molecule is CC(=N)C(C(C)C)C1C=C(C)C([C@H](C)NC(C)=O)=CC1=N. The van der Waals surface area contributed by atoms with E-state index in [-0.39, 0.29) is 23.8 Å². The standard InChI is InChI=1S/C17H27N3O/c1-9(2)17(11(4)18)15-7-10(3)14(8-16(15)19)12(5)20-13(6)21/h7-9,12,15,17-19H,1-6H3,(H,20,21)/t12-,15?,17?/m0/s1. The summed E-state index contributed by atoms with van der Waals surface area (Å²) in [5.41, 5.74) is 3.22. The Bertz CT molecular complexity index is 514. The van der Waals surface area contributed by atoms with Crippen molar-refractivity contribution in [1.82, 2.24) is 5.32 Å². The van der Waals surface area contributed by atoms with E-state index in [2.05, 4.69) is 25.2 Å². The molecule has 0 bridgehead atoms. The van der Waals surface area contributed by atoms with E-state index in [0.717, 1.165) is 11.1 Å². The number of amides is 1. The molecule has 0 aliphatic heterocycles. The fraction of sp³-hybridized carbons (Fsp3) is 0.588. The van der Waals surface area contributed by atoms with Gasteiger partial charge in [-0.05, 0) is 43.9 Å². The van der Waals surface area contributed by atoms with E-state index in [4.69, 9.17) is 10.8 Å². The van der Waals surface area contributed by atoms with Crippen molar-refractivity contribution in [3.63, 3.8) is 0 Å². The molecule has 3 atom stereocenters. The van der Waals surface area contributed by atoms with Crippen molar-refractivity contribution in [2.75, 3.05) is 0 Å². The second-order valence-corrected chi connectivity index (χ2v) is 6.31. The van der Waals surface area contributed by atoms with Crippen LogP contribution in [0.4, 0.5) is 0 Å². The Labute approximate surface area is 127 Å². The molecule has 1 amide bonds. The molecule has 1 rings (SSSR count). The molecule has 21 heavy (non-hydrogen) atoms. The molecule has 4 nitrogen and oxygen atoms in total. The van der Waals surface area contributed by atoms with Crippen LogP contribution in [-0.2, 0) is 4.79 Å². The molecular weight excluding hydrogens is 262 g/mol. The van der Waals surface area contributed by atoms with E-state index in [1.807, 2.05) is 26.8 Å². The number of rotatable bonds is 5. The molecular formula is C17H27N3O. The summed E-state index contributed by atoms with van der Waals surface area (Å²) in [5.74, 6) is 0.261. The third-order valence-corrected chi connectivity index (χ3v) is 4.05. The Morgan fingerprint density at radius 1 is 1.29 bits per heavy atom. The van der Waals surface area contributed by atoms with E-state index in [9.17, 15) is 4.79 Å². The number of hydrogen-bond donors (Lipinski definition) is 3. The summed E-state index contributed by atoms with van der Waals surface area (Å²) in [4.78, 5) is 11.2. The zero-order chi connectivity index (χ0) is 16.3. The zero-order valence-electron chi connectivity index (χ0n) is 13.9. The summed E-state index contributed by atoms with van der Waals surface area (Å²) in [7, 11) is 0. The molecule has 1 aliphatic rings. The van der Waals surface area contributed by atoms with Gasteiger partial charge in [-0.1, -0.05) is 19.9 Å². The van der Waals surface area contributed by atoms with E-state index >= 15 is 0 Å². The molecule has 2 unspecified atom stereocenters. The van der Waals surface area contributed by atoms with E-state index < -0.39 is 0 Å². The molecule has 0 saturated carbocycles. The van der Waals surface area contributed by atoms with E-state index in [1.54, 1.807) is 0 Å². The second kappa shape index (κ2) is 6.83. The molecule has 1 aliphatic carbocycles. The van der Waals surface area contributed by atoms with Crippen LogP contribution in [0, 0.1) is 28.6 Å². The fourth-order valence-corrected chi connectivity index (χ4v) is 3.16. The van der Waals surface area contributed by atoms with Gasteiger partial charge in [0.05, 0.1) is 6.04 Å². The van der Waals surface area contributed by atoms with Crippen molar-refractivity contribution in [1.29, 1.82) is 10.8 Å². The predicted octanol–water partition coefficient (Wildman–Crippen LogP) is 3.35. The highest BCUT2D eigenvalue weighted by molar-refractivity contribution is 6.01. The fourth-order valence-electron chi connectivity index (χ4n) is 3.16. The van der Waals surface area contributed by atoms with E-state index in [0.29, 0.717) is 17.3 Å². The summed E-state index contributed by atoms with van der Waals surface area (Å²) >= 11 is 0. The largest absolute Gasteiger partial charge is 0.350 e. The first-order chi connectivity index (χ1) is 9.65. The molecule has 0 radical (unpaired) electrons. The Morgan fingerprint density at radius 3 is 2.29 bits per heavy atom. The highest BCUT2D eigenvalue weighted by Gasteiger charge is 2.31. The Kier molecular flexibility index (Phi) is 5.64. The van der Waals surface area contributed by atoms with Crippen molar-refractivity contribution >= 4 is 17.3 Å². The van der Waals surface area contributed by atoms with Gasteiger partial charge < -0.3 is 16.1 Å². The smallest absolute Gasteiger partial charge is 0.217 e. The second-order valence-electron chi connectivity index (χ2n) is 6.31. The van der Waals surface area contributed by atoms with Crippen LogP contribution in [0.2, 0.25) is 0 Å². The first kappa shape index (κ1) is 17.3. The normalized spacial score (nSPS) is 21.5. The molecule has 0 saturated heterocycles. The van der Waals surface area contributed by atoms with Crippen LogP contribution >= 0.6 is 0 Å². The topological polar surface area (TPSA) is 76.8 Å². The average Bonchev–Trinajstić information content (AvgIpc) is 2.31. The molecule has 0 aromatic rings. The Balaban J connectivity index is 3.05. The van der Waals surface area contributed by atoms with Crippen LogP contribution < -0.4 is 5.32 Å². The van der Waals surface area contributed by atoms with Crippen LogP contribution in [0.25, 0.3) is 0 Å². The quantitative estimate of drug-likeness (QED) is 0.667. The number of nitrogens with one attached hydrogen (secondary N) is 3. The first-order valence-electron chi connectivity index (χ1n) is 7.46. The maximum Gasteiger partial charge on any atom is 0.217 e. The number of allylic oxidation sites excluding steroid dienone is 2. The Morgan fingerprint density at radius 2 is 1.86 bits per heavy atom. The lowest BCUT2D eigenvalue weighted by Gasteiger charge is -2.32. The molecule has 0 heterocycles. The van der Waals surface area contributed by atoms with Crippen molar-refractivity contribution in [2.24, 2.45) is 17.8 Å². The molecule has 4 heteroatoms. The minimum Gasteiger partial charge on any atom is -0.350 e. The Hall–Kier alpha value is -1.71. The molecule has 0 aromatic heterocycles. The van der Waals surface area contributed by atoms with Crippen molar-refractivity contribution in [3.05, 3.63) is 23.3 Å². The van der Waals surface area contributed by atoms with Gasteiger partial charge in [0.1, 0.15) is 0 Å². The maximum atomic E-state index is 11.2. The number of carbonyl (C=O) groups excluding carboxylic acids is 1. The summed E-state index contributed by atoms with van der Waals surface area (Å²) in [6.45, 7) is 11.5. The molecule has 0 spiro atoms. The van der Waals surface area contributed by atoms with Crippen molar-refractivity contribution in [3.8, 4) is 0 Å². The van der Waals surface area contributed by atoms with Gasteiger partial charge in [0.25, 0.3) is 0 Å². The van der Waals surface area contributed by atoms with Crippen LogP contribution in [0.5, 0.6) is 0 Å². The molecule has 3 N–H and O–H groups in total. The van der Waals surface area contributed by atoms with Crippen LogP contribution in [0.15, 0.2) is 23.3 Å². The zero-order valence-corrected chi connectivity index (χ0v) is 13.9. The highest BCUT2D eigenvalue weighted by atomic mass is 16.1. The van der Waals surface area contributed by atoms with Crippen molar-refractivity contribution in [2.45, 2.75) is 47.6 Å².